The minimum atomic E-state index is -0.268. The molecule has 7 heteroatoms. The molecule has 2 amide bonds. The Labute approximate surface area is 206 Å². The standard InChI is InChI=1S/C25H40N2O5.C2H6/c1-19(2)22(20-10-8-7-9-11-20)23(30)27-16-25(5,6)18-32-17-24(3,4)15-26-21(29)14-31-13-12-28;1-2/h7-12,19,22H,13-18H2,1-6H3,(H,26,29)(H,27,30);1-2H3. The van der Waals surface area contributed by atoms with Gasteiger partial charge < -0.3 is 24.9 Å². The van der Waals surface area contributed by atoms with E-state index in [-0.39, 0.29) is 47.7 Å². The van der Waals surface area contributed by atoms with Crippen LogP contribution >= 0.6 is 0 Å². The predicted octanol–water partition coefficient (Wildman–Crippen LogP) is 3.97. The van der Waals surface area contributed by atoms with Crippen LogP contribution in [0.25, 0.3) is 0 Å². The smallest absolute Gasteiger partial charge is 0.246 e. The van der Waals surface area contributed by atoms with E-state index in [1.54, 1.807) is 0 Å². The Bertz CT molecular complexity index is 717. The highest BCUT2D eigenvalue weighted by molar-refractivity contribution is 5.84. The molecule has 0 spiro atoms. The van der Waals surface area contributed by atoms with E-state index in [0.717, 1.165) is 5.56 Å². The molecule has 0 aliphatic rings. The first-order valence-corrected chi connectivity index (χ1v) is 12.2. The minimum Gasteiger partial charge on any atom is -0.380 e. The van der Waals surface area contributed by atoms with Gasteiger partial charge in [0.1, 0.15) is 19.5 Å². The predicted molar refractivity (Wildman–Crippen MR) is 137 cm³/mol. The lowest BCUT2D eigenvalue weighted by Gasteiger charge is -2.30. The number of nitrogens with one attached hydrogen (secondary N) is 2. The number of benzene rings is 1. The molecule has 1 atom stereocenters. The van der Waals surface area contributed by atoms with Crippen LogP contribution in [0.5, 0.6) is 0 Å². The van der Waals surface area contributed by atoms with Gasteiger partial charge in [-0.2, -0.15) is 0 Å². The van der Waals surface area contributed by atoms with Crippen LogP contribution in [0.4, 0.5) is 0 Å². The van der Waals surface area contributed by atoms with Crippen molar-refractivity contribution in [1.29, 1.82) is 0 Å². The maximum Gasteiger partial charge on any atom is 0.246 e. The number of hydrogen-bond donors (Lipinski definition) is 2. The lowest BCUT2D eigenvalue weighted by Crippen LogP contribution is -2.42. The summed E-state index contributed by atoms with van der Waals surface area (Å²) < 4.78 is 10.8. The Balaban J connectivity index is 0.00000529. The molecule has 2 N–H and O–H groups in total. The molecule has 0 saturated heterocycles. The molecule has 1 unspecified atom stereocenters. The first-order chi connectivity index (χ1) is 16.0. The highest BCUT2D eigenvalue weighted by Crippen LogP contribution is 2.25. The molecule has 194 valence electrons. The van der Waals surface area contributed by atoms with Gasteiger partial charge in [0.2, 0.25) is 11.8 Å². The van der Waals surface area contributed by atoms with E-state index < -0.39 is 0 Å². The summed E-state index contributed by atoms with van der Waals surface area (Å²) in [6, 6.07) is 9.85. The van der Waals surface area contributed by atoms with Gasteiger partial charge in [0, 0.05) is 23.9 Å². The van der Waals surface area contributed by atoms with Gasteiger partial charge in [-0.3, -0.25) is 9.59 Å². The van der Waals surface area contributed by atoms with E-state index >= 15 is 0 Å². The molecule has 0 saturated carbocycles. The van der Waals surface area contributed by atoms with Crippen LogP contribution in [0.15, 0.2) is 30.3 Å². The number of aldehydes is 1. The van der Waals surface area contributed by atoms with Gasteiger partial charge in [0.25, 0.3) is 0 Å². The first-order valence-electron chi connectivity index (χ1n) is 12.2. The molecule has 7 nitrogen and oxygen atoms in total. The Kier molecular flexibility index (Phi) is 15.3. The average molecular weight is 479 g/mol. The molecule has 0 bridgehead atoms. The van der Waals surface area contributed by atoms with Crippen LogP contribution < -0.4 is 10.6 Å². The van der Waals surface area contributed by atoms with E-state index in [0.29, 0.717) is 32.6 Å². The number of amides is 2. The van der Waals surface area contributed by atoms with Crippen molar-refractivity contribution < 1.29 is 23.9 Å². The number of carbonyl (C=O) groups excluding carboxylic acids is 3. The molecule has 0 aliphatic heterocycles. The number of ether oxygens (including phenoxy) is 2. The van der Waals surface area contributed by atoms with Crippen LogP contribution in [-0.4, -0.2) is 57.6 Å². The summed E-state index contributed by atoms with van der Waals surface area (Å²) in [5.74, 6) is -0.234. The zero-order chi connectivity index (χ0) is 26.2. The fourth-order valence-corrected chi connectivity index (χ4v) is 3.23. The van der Waals surface area contributed by atoms with Gasteiger partial charge in [-0.15, -0.1) is 0 Å². The van der Waals surface area contributed by atoms with E-state index in [9.17, 15) is 14.4 Å². The summed E-state index contributed by atoms with van der Waals surface area (Å²) in [6.45, 7) is 17.9. The summed E-state index contributed by atoms with van der Waals surface area (Å²) in [7, 11) is 0. The Morgan fingerprint density at radius 1 is 0.912 bits per heavy atom. The summed E-state index contributed by atoms with van der Waals surface area (Å²) in [5, 5.41) is 5.89. The number of carbonyl (C=O) groups is 3. The van der Waals surface area contributed by atoms with E-state index in [4.69, 9.17) is 9.47 Å². The quantitative estimate of drug-likeness (QED) is 0.294. The molecule has 0 aromatic heterocycles. The highest BCUT2D eigenvalue weighted by Gasteiger charge is 2.27. The number of rotatable bonds is 15. The van der Waals surface area contributed by atoms with Crippen LogP contribution in [0.2, 0.25) is 0 Å². The van der Waals surface area contributed by atoms with Gasteiger partial charge in [-0.05, 0) is 11.5 Å². The SMILES string of the molecule is CC.CC(C)C(C(=O)NCC(C)(C)COCC(C)(C)CNC(=O)COCC=O)c1ccccc1. The molecule has 0 fully saturated rings. The third-order valence-corrected chi connectivity index (χ3v) is 5.02. The summed E-state index contributed by atoms with van der Waals surface area (Å²) >= 11 is 0. The lowest BCUT2D eigenvalue weighted by atomic mass is 9.87. The molecular formula is C27H46N2O5. The molecule has 1 aromatic carbocycles. The van der Waals surface area contributed by atoms with Gasteiger partial charge in [-0.1, -0.05) is 85.7 Å². The molecular weight excluding hydrogens is 432 g/mol. The zero-order valence-electron chi connectivity index (χ0n) is 22.4. The van der Waals surface area contributed by atoms with Gasteiger partial charge in [-0.25, -0.2) is 0 Å². The maximum absolute atomic E-state index is 12.9. The third-order valence-electron chi connectivity index (χ3n) is 5.02. The molecule has 34 heavy (non-hydrogen) atoms. The Hall–Kier alpha value is -2.25. The summed E-state index contributed by atoms with van der Waals surface area (Å²) in [5.41, 5.74) is 0.514. The summed E-state index contributed by atoms with van der Waals surface area (Å²) in [4.78, 5) is 34.8. The molecule has 0 radical (unpaired) electrons. The van der Waals surface area contributed by atoms with Crippen LogP contribution in [0.1, 0.15) is 66.9 Å². The minimum absolute atomic E-state index is 0.0270. The van der Waals surface area contributed by atoms with Crippen LogP contribution in [0.3, 0.4) is 0 Å². The van der Waals surface area contributed by atoms with E-state index in [2.05, 4.69) is 38.3 Å². The topological polar surface area (TPSA) is 93.7 Å². The van der Waals surface area contributed by atoms with Crippen molar-refractivity contribution in [2.45, 2.75) is 61.3 Å². The van der Waals surface area contributed by atoms with E-state index in [1.807, 2.05) is 58.0 Å². The molecule has 0 heterocycles. The Morgan fingerprint density at radius 2 is 1.44 bits per heavy atom. The maximum atomic E-state index is 12.9. The van der Waals surface area contributed by atoms with Crippen molar-refractivity contribution in [3.63, 3.8) is 0 Å². The second-order valence-corrected chi connectivity index (χ2v) is 10.1. The normalized spacial score (nSPS) is 12.4. The Morgan fingerprint density at radius 3 is 1.94 bits per heavy atom. The lowest BCUT2D eigenvalue weighted by molar-refractivity contribution is -0.127. The second kappa shape index (κ2) is 16.4. The fourth-order valence-electron chi connectivity index (χ4n) is 3.23. The van der Waals surface area contributed by atoms with Crippen molar-refractivity contribution in [1.82, 2.24) is 10.6 Å². The van der Waals surface area contributed by atoms with Gasteiger partial charge in [0.15, 0.2) is 0 Å². The second-order valence-electron chi connectivity index (χ2n) is 10.1. The van der Waals surface area contributed by atoms with Crippen LogP contribution in [-0.2, 0) is 23.9 Å². The van der Waals surface area contributed by atoms with Crippen molar-refractivity contribution in [3.8, 4) is 0 Å². The van der Waals surface area contributed by atoms with Gasteiger partial charge in [0.05, 0.1) is 19.1 Å². The van der Waals surface area contributed by atoms with Crippen molar-refractivity contribution in [3.05, 3.63) is 35.9 Å². The third kappa shape index (κ3) is 13.5. The summed E-state index contributed by atoms with van der Waals surface area (Å²) in [6.07, 6.45) is 0.611. The van der Waals surface area contributed by atoms with E-state index in [1.165, 1.54) is 0 Å². The molecule has 0 aliphatic carbocycles. The first kappa shape index (κ1) is 31.8. The average Bonchev–Trinajstić information content (AvgIpc) is 2.78. The monoisotopic (exact) mass is 478 g/mol. The fraction of sp³-hybridized carbons (Fsp3) is 0.667. The molecule has 1 aromatic rings. The highest BCUT2D eigenvalue weighted by atomic mass is 16.5. The van der Waals surface area contributed by atoms with Crippen LogP contribution in [0, 0.1) is 16.7 Å². The zero-order valence-corrected chi connectivity index (χ0v) is 22.4. The van der Waals surface area contributed by atoms with Gasteiger partial charge >= 0.3 is 0 Å². The van der Waals surface area contributed by atoms with Crippen molar-refractivity contribution >= 4 is 18.1 Å². The largest absolute Gasteiger partial charge is 0.380 e. The van der Waals surface area contributed by atoms with Crippen molar-refractivity contribution in [2.24, 2.45) is 16.7 Å². The number of hydrogen-bond acceptors (Lipinski definition) is 5. The molecule has 1 rings (SSSR count). The van der Waals surface area contributed by atoms with Crippen molar-refractivity contribution in [2.75, 3.05) is 39.5 Å².